The Morgan fingerprint density at radius 3 is 2.32 bits per heavy atom. The lowest BCUT2D eigenvalue weighted by molar-refractivity contribution is 0.0693. The maximum absolute atomic E-state index is 11.2. The van der Waals surface area contributed by atoms with Gasteiger partial charge in [0.2, 0.25) is 0 Å². The molecule has 192 valence electrons. The molecule has 4 nitrogen and oxygen atoms in total. The molecule has 3 N–H and O–H groups in total. The molecule has 0 amide bonds. The zero-order valence-electron chi connectivity index (χ0n) is 22.1. The highest BCUT2D eigenvalue weighted by Crippen LogP contribution is 2.50. The van der Waals surface area contributed by atoms with Crippen LogP contribution in [0.25, 0.3) is 0 Å². The zero-order valence-corrected chi connectivity index (χ0v) is 22.9. The molecule has 3 aromatic rings. The molecule has 1 aliphatic carbocycles. The average molecular weight is 515 g/mol. The van der Waals surface area contributed by atoms with Gasteiger partial charge in [-0.25, -0.2) is 4.79 Å². The summed E-state index contributed by atoms with van der Waals surface area (Å²) in [7, 11) is 0. The number of thioether (sulfide) groups is 1. The molecule has 1 aliphatic rings. The van der Waals surface area contributed by atoms with Gasteiger partial charge in [-0.1, -0.05) is 75.4 Å². The van der Waals surface area contributed by atoms with Crippen molar-refractivity contribution in [1.82, 2.24) is 0 Å². The number of aliphatic hydroxyl groups is 1. The first-order chi connectivity index (χ1) is 17.4. The molecule has 0 bridgehead atoms. The molecular formula is C32H34O4S. The second-order valence-corrected chi connectivity index (χ2v) is 12.2. The SMILES string of the molecule is Cc1ccc(CSc2cc(C(O)C#Cc3ccc(C(=O)O)c(O)c3)cc3c2C(C)(C)CCC3(C)C)cc1. The van der Waals surface area contributed by atoms with Crippen LogP contribution in [-0.2, 0) is 16.6 Å². The molecule has 1 unspecified atom stereocenters. The van der Waals surface area contributed by atoms with E-state index in [1.807, 2.05) is 0 Å². The van der Waals surface area contributed by atoms with E-state index < -0.39 is 12.1 Å². The standard InChI is InChI=1S/C32H34O4S/c1-20-6-8-22(9-7-20)19-37-28-18-23(17-25-29(28)32(4,5)15-14-31(25,2)3)26(33)13-11-21-10-12-24(30(35)36)27(34)16-21/h6-10,12,16-18,26,33-34H,14-15,19H2,1-5H3,(H,35,36). The maximum Gasteiger partial charge on any atom is 0.339 e. The van der Waals surface area contributed by atoms with Gasteiger partial charge >= 0.3 is 5.97 Å². The molecule has 0 saturated carbocycles. The normalized spacial score (nSPS) is 16.3. The van der Waals surface area contributed by atoms with Crippen molar-refractivity contribution >= 4 is 17.7 Å². The second kappa shape index (κ2) is 10.3. The fourth-order valence-corrected chi connectivity index (χ4v) is 6.16. The fraction of sp³-hybridized carbons (Fsp3) is 0.344. The van der Waals surface area contributed by atoms with E-state index in [1.165, 1.54) is 45.3 Å². The monoisotopic (exact) mass is 514 g/mol. The van der Waals surface area contributed by atoms with E-state index in [1.54, 1.807) is 11.8 Å². The van der Waals surface area contributed by atoms with Crippen molar-refractivity contribution in [3.8, 4) is 17.6 Å². The van der Waals surface area contributed by atoms with Crippen molar-refractivity contribution in [3.63, 3.8) is 0 Å². The molecule has 5 heteroatoms. The third-order valence-electron chi connectivity index (χ3n) is 7.32. The highest BCUT2D eigenvalue weighted by Gasteiger charge is 2.39. The van der Waals surface area contributed by atoms with Gasteiger partial charge in [0, 0.05) is 16.2 Å². The van der Waals surface area contributed by atoms with Gasteiger partial charge in [0.1, 0.15) is 17.4 Å². The number of aromatic hydroxyl groups is 1. The predicted octanol–water partition coefficient (Wildman–Crippen LogP) is 7.13. The van der Waals surface area contributed by atoms with Gasteiger partial charge in [-0.3, -0.25) is 0 Å². The Labute approximate surface area is 223 Å². The fourth-order valence-electron chi connectivity index (χ4n) is 4.90. The molecule has 0 radical (unpaired) electrons. The smallest absolute Gasteiger partial charge is 0.339 e. The van der Waals surface area contributed by atoms with Crippen LogP contribution in [0.3, 0.4) is 0 Å². The van der Waals surface area contributed by atoms with Crippen LogP contribution in [0, 0.1) is 18.8 Å². The highest BCUT2D eigenvalue weighted by molar-refractivity contribution is 7.98. The number of aryl methyl sites for hydroxylation is 1. The van der Waals surface area contributed by atoms with Crippen LogP contribution in [0.2, 0.25) is 0 Å². The molecule has 0 heterocycles. The molecule has 0 fully saturated rings. The molecule has 4 rings (SSSR count). The Hall–Kier alpha value is -3.20. The molecule has 0 spiro atoms. The summed E-state index contributed by atoms with van der Waals surface area (Å²) in [4.78, 5) is 12.3. The summed E-state index contributed by atoms with van der Waals surface area (Å²) < 4.78 is 0. The van der Waals surface area contributed by atoms with Gasteiger partial charge in [0.25, 0.3) is 0 Å². The second-order valence-electron chi connectivity index (χ2n) is 11.2. The minimum Gasteiger partial charge on any atom is -0.507 e. The van der Waals surface area contributed by atoms with Crippen molar-refractivity contribution < 1.29 is 20.1 Å². The summed E-state index contributed by atoms with van der Waals surface area (Å²) in [6.45, 7) is 11.2. The maximum atomic E-state index is 11.2. The van der Waals surface area contributed by atoms with Crippen LogP contribution in [0.1, 0.15) is 90.4 Å². The van der Waals surface area contributed by atoms with E-state index in [4.69, 9.17) is 5.11 Å². The Bertz CT molecular complexity index is 1390. The van der Waals surface area contributed by atoms with Crippen LogP contribution in [-0.4, -0.2) is 21.3 Å². The van der Waals surface area contributed by atoms with Crippen molar-refractivity contribution in [2.45, 2.75) is 75.0 Å². The molecular weight excluding hydrogens is 480 g/mol. The van der Waals surface area contributed by atoms with Crippen LogP contribution in [0.4, 0.5) is 0 Å². The summed E-state index contributed by atoms with van der Waals surface area (Å²) in [5.74, 6) is 5.07. The molecule has 0 saturated heterocycles. The van der Waals surface area contributed by atoms with Gasteiger partial charge < -0.3 is 15.3 Å². The Morgan fingerprint density at radius 1 is 1.00 bits per heavy atom. The van der Waals surface area contributed by atoms with E-state index in [0.29, 0.717) is 5.56 Å². The number of hydrogen-bond acceptors (Lipinski definition) is 4. The van der Waals surface area contributed by atoms with Crippen LogP contribution in [0.5, 0.6) is 5.75 Å². The van der Waals surface area contributed by atoms with Crippen molar-refractivity contribution in [3.05, 3.63) is 93.5 Å². The quantitative estimate of drug-likeness (QED) is 0.249. The largest absolute Gasteiger partial charge is 0.507 e. The lowest BCUT2D eigenvalue weighted by Gasteiger charge is -2.43. The number of carbonyl (C=O) groups is 1. The summed E-state index contributed by atoms with van der Waals surface area (Å²) in [5.41, 5.74) is 6.13. The summed E-state index contributed by atoms with van der Waals surface area (Å²) >= 11 is 1.80. The molecule has 0 aliphatic heterocycles. The number of carboxylic acids is 1. The first kappa shape index (κ1) is 26.9. The summed E-state index contributed by atoms with van der Waals surface area (Å²) in [6.07, 6.45) is 1.14. The topological polar surface area (TPSA) is 77.8 Å². The van der Waals surface area contributed by atoms with Crippen LogP contribution in [0.15, 0.2) is 59.5 Å². The third kappa shape index (κ3) is 5.87. The number of fused-ring (bicyclic) bond motifs is 1. The van der Waals surface area contributed by atoms with Crippen LogP contribution < -0.4 is 0 Å². The molecule has 3 aromatic carbocycles. The Balaban J connectivity index is 1.72. The zero-order chi connectivity index (χ0) is 27.0. The van der Waals surface area contributed by atoms with Crippen molar-refractivity contribution in [2.24, 2.45) is 0 Å². The highest BCUT2D eigenvalue weighted by atomic mass is 32.2. The van der Waals surface area contributed by atoms with E-state index in [2.05, 4.69) is 82.9 Å². The molecule has 1 atom stereocenters. The summed E-state index contributed by atoms with van der Waals surface area (Å²) in [6, 6.07) is 16.9. The van der Waals surface area contributed by atoms with Gasteiger partial charge in [0.05, 0.1) is 0 Å². The number of aromatic carboxylic acids is 1. The number of rotatable bonds is 5. The van der Waals surface area contributed by atoms with Crippen molar-refractivity contribution in [2.75, 3.05) is 0 Å². The minimum absolute atomic E-state index is 0.0222. The Kier molecular flexibility index (Phi) is 7.46. The first-order valence-electron chi connectivity index (χ1n) is 12.5. The number of carboxylic acid groups (broad SMARTS) is 1. The summed E-state index contributed by atoms with van der Waals surface area (Å²) in [5, 5.41) is 30.2. The van der Waals surface area contributed by atoms with Gasteiger partial charge in [-0.2, -0.15) is 0 Å². The number of benzene rings is 3. The lowest BCUT2D eigenvalue weighted by atomic mass is 9.63. The van der Waals surface area contributed by atoms with E-state index in [-0.39, 0.29) is 22.1 Å². The Morgan fingerprint density at radius 2 is 1.68 bits per heavy atom. The minimum atomic E-state index is -1.20. The predicted molar refractivity (Wildman–Crippen MR) is 149 cm³/mol. The van der Waals surface area contributed by atoms with E-state index in [9.17, 15) is 15.0 Å². The van der Waals surface area contributed by atoms with Crippen LogP contribution >= 0.6 is 11.8 Å². The van der Waals surface area contributed by atoms with Gasteiger partial charge in [-0.05, 0) is 77.1 Å². The number of hydrogen-bond donors (Lipinski definition) is 3. The molecule has 37 heavy (non-hydrogen) atoms. The van der Waals surface area contributed by atoms with Gasteiger partial charge in [-0.15, -0.1) is 11.8 Å². The van der Waals surface area contributed by atoms with E-state index >= 15 is 0 Å². The average Bonchev–Trinajstić information content (AvgIpc) is 2.84. The third-order valence-corrected chi connectivity index (χ3v) is 8.43. The molecule has 0 aromatic heterocycles. The van der Waals surface area contributed by atoms with Gasteiger partial charge in [0.15, 0.2) is 0 Å². The lowest BCUT2D eigenvalue weighted by Crippen LogP contribution is -2.34. The van der Waals surface area contributed by atoms with Crippen molar-refractivity contribution in [1.29, 1.82) is 0 Å². The first-order valence-corrected chi connectivity index (χ1v) is 13.5. The van der Waals surface area contributed by atoms with E-state index in [0.717, 1.165) is 24.2 Å². The number of aliphatic hydroxyl groups excluding tert-OH is 1. The number of phenols is 1.